The zero-order chi connectivity index (χ0) is 18.6. The summed E-state index contributed by atoms with van der Waals surface area (Å²) in [6.45, 7) is 6.09. The van der Waals surface area contributed by atoms with E-state index in [0.717, 1.165) is 48.3 Å². The second-order valence-electron chi connectivity index (χ2n) is 6.94. The van der Waals surface area contributed by atoms with E-state index in [1.165, 1.54) is 23.4 Å². The van der Waals surface area contributed by atoms with Gasteiger partial charge in [0.25, 0.3) is 0 Å². The Hall–Kier alpha value is -2.47. The highest BCUT2D eigenvalue weighted by Gasteiger charge is 2.18. The lowest BCUT2D eigenvalue weighted by molar-refractivity contribution is 0.627. The van der Waals surface area contributed by atoms with Gasteiger partial charge in [-0.3, -0.25) is 0 Å². The van der Waals surface area contributed by atoms with Crippen molar-refractivity contribution in [1.82, 2.24) is 10.2 Å². The quantitative estimate of drug-likeness (QED) is 0.674. The molecule has 0 aliphatic carbocycles. The van der Waals surface area contributed by atoms with Gasteiger partial charge in [-0.15, -0.1) is 10.2 Å². The van der Waals surface area contributed by atoms with E-state index < -0.39 is 0 Å². The van der Waals surface area contributed by atoms with E-state index in [0.29, 0.717) is 6.42 Å². The van der Waals surface area contributed by atoms with Crippen LogP contribution in [0.25, 0.3) is 0 Å². The van der Waals surface area contributed by atoms with Gasteiger partial charge in [0.05, 0.1) is 0 Å². The molecule has 140 valence electrons. The minimum absolute atomic E-state index is 0.209. The molecule has 0 radical (unpaired) electrons. The van der Waals surface area contributed by atoms with Gasteiger partial charge in [-0.2, -0.15) is 0 Å². The zero-order valence-electron chi connectivity index (χ0n) is 15.4. The summed E-state index contributed by atoms with van der Waals surface area (Å²) in [6, 6.07) is 15.4. The number of hydrogen-bond acceptors (Lipinski definition) is 5. The second kappa shape index (κ2) is 8.05. The largest absolute Gasteiger partial charge is 0.370 e. The molecule has 2 aromatic carbocycles. The summed E-state index contributed by atoms with van der Waals surface area (Å²) in [5.41, 5.74) is 3.63. The molecule has 3 aromatic rings. The summed E-state index contributed by atoms with van der Waals surface area (Å²) in [4.78, 5) is 4.78. The van der Waals surface area contributed by atoms with Crippen LogP contribution in [0, 0.1) is 12.7 Å². The molecule has 1 aromatic heterocycles. The third-order valence-corrected chi connectivity index (χ3v) is 5.87. The molecular formula is C21H23FN4S. The first-order chi connectivity index (χ1) is 13.2. The normalized spacial score (nSPS) is 15.0. The number of halogens is 1. The molecule has 1 aliphatic rings. The van der Waals surface area contributed by atoms with Crippen molar-refractivity contribution in [2.24, 2.45) is 0 Å². The first-order valence-electron chi connectivity index (χ1n) is 9.31. The Morgan fingerprint density at radius 1 is 0.889 bits per heavy atom. The molecule has 0 saturated carbocycles. The Balaban J connectivity index is 1.40. The lowest BCUT2D eigenvalue weighted by Gasteiger charge is -2.23. The van der Waals surface area contributed by atoms with Gasteiger partial charge < -0.3 is 9.80 Å². The van der Waals surface area contributed by atoms with Gasteiger partial charge in [-0.1, -0.05) is 41.2 Å². The molecule has 1 aliphatic heterocycles. The number of anilines is 2. The summed E-state index contributed by atoms with van der Waals surface area (Å²) in [7, 11) is 0. The SMILES string of the molecule is Cc1ccc(N2CCCN(c3nnc(Cc4ccc(F)cc4)s3)CC2)cc1. The van der Waals surface area contributed by atoms with E-state index in [1.807, 2.05) is 12.1 Å². The maximum absolute atomic E-state index is 13.0. The standard InChI is InChI=1S/C21H23FN4S/c1-16-3-9-19(10-4-16)25-11-2-12-26(14-13-25)21-24-23-20(27-21)15-17-5-7-18(22)8-6-17/h3-10H,2,11-15H2,1H3. The summed E-state index contributed by atoms with van der Waals surface area (Å²) in [5, 5.41) is 10.7. The molecule has 0 unspecified atom stereocenters. The average molecular weight is 383 g/mol. The third kappa shape index (κ3) is 4.45. The van der Waals surface area contributed by atoms with E-state index in [2.05, 4.69) is 51.2 Å². The van der Waals surface area contributed by atoms with Crippen LogP contribution >= 0.6 is 11.3 Å². The highest BCUT2D eigenvalue weighted by molar-refractivity contribution is 7.15. The van der Waals surface area contributed by atoms with Crippen LogP contribution in [-0.2, 0) is 6.42 Å². The minimum Gasteiger partial charge on any atom is -0.370 e. The predicted molar refractivity (Wildman–Crippen MR) is 109 cm³/mol. The number of hydrogen-bond donors (Lipinski definition) is 0. The van der Waals surface area contributed by atoms with Gasteiger partial charge in [0, 0.05) is 38.3 Å². The van der Waals surface area contributed by atoms with Crippen molar-refractivity contribution in [1.29, 1.82) is 0 Å². The molecule has 0 amide bonds. The highest BCUT2D eigenvalue weighted by Crippen LogP contribution is 2.25. The van der Waals surface area contributed by atoms with Gasteiger partial charge >= 0.3 is 0 Å². The number of aryl methyl sites for hydroxylation is 1. The van der Waals surface area contributed by atoms with Crippen LogP contribution in [-0.4, -0.2) is 36.4 Å². The summed E-state index contributed by atoms with van der Waals surface area (Å²) < 4.78 is 13.0. The van der Waals surface area contributed by atoms with E-state index in [4.69, 9.17) is 0 Å². The molecule has 0 atom stereocenters. The molecule has 0 bridgehead atoms. The number of benzene rings is 2. The van der Waals surface area contributed by atoms with Crippen LogP contribution in [0.3, 0.4) is 0 Å². The van der Waals surface area contributed by atoms with Crippen molar-refractivity contribution >= 4 is 22.2 Å². The van der Waals surface area contributed by atoms with Gasteiger partial charge in [0.15, 0.2) is 0 Å². The lowest BCUT2D eigenvalue weighted by Crippen LogP contribution is -2.30. The molecule has 2 heterocycles. The molecule has 4 nitrogen and oxygen atoms in total. The van der Waals surface area contributed by atoms with Crippen LogP contribution in [0.5, 0.6) is 0 Å². The van der Waals surface area contributed by atoms with Crippen LogP contribution in [0.15, 0.2) is 48.5 Å². The molecule has 6 heteroatoms. The Morgan fingerprint density at radius 3 is 2.37 bits per heavy atom. The van der Waals surface area contributed by atoms with E-state index in [1.54, 1.807) is 11.3 Å². The summed E-state index contributed by atoms with van der Waals surface area (Å²) in [6.07, 6.45) is 1.79. The van der Waals surface area contributed by atoms with Crippen molar-refractivity contribution in [2.45, 2.75) is 19.8 Å². The third-order valence-electron chi connectivity index (χ3n) is 4.89. The zero-order valence-corrected chi connectivity index (χ0v) is 16.3. The molecular weight excluding hydrogens is 359 g/mol. The molecule has 1 fully saturated rings. The van der Waals surface area contributed by atoms with E-state index >= 15 is 0 Å². The molecule has 27 heavy (non-hydrogen) atoms. The fraction of sp³-hybridized carbons (Fsp3) is 0.333. The smallest absolute Gasteiger partial charge is 0.208 e. The Morgan fingerprint density at radius 2 is 1.59 bits per heavy atom. The Kier molecular flexibility index (Phi) is 5.34. The van der Waals surface area contributed by atoms with Gasteiger partial charge in [0.1, 0.15) is 10.8 Å². The van der Waals surface area contributed by atoms with Gasteiger partial charge in [0.2, 0.25) is 5.13 Å². The van der Waals surface area contributed by atoms with Crippen LogP contribution < -0.4 is 9.80 Å². The van der Waals surface area contributed by atoms with Gasteiger partial charge in [-0.05, 0) is 43.2 Å². The molecule has 4 rings (SSSR count). The number of nitrogens with zero attached hydrogens (tertiary/aromatic N) is 4. The maximum atomic E-state index is 13.0. The average Bonchev–Trinajstić information content (AvgIpc) is 2.99. The van der Waals surface area contributed by atoms with Crippen molar-refractivity contribution in [3.63, 3.8) is 0 Å². The highest BCUT2D eigenvalue weighted by atomic mass is 32.1. The minimum atomic E-state index is -0.209. The number of rotatable bonds is 4. The van der Waals surface area contributed by atoms with Crippen LogP contribution in [0.2, 0.25) is 0 Å². The molecule has 1 saturated heterocycles. The summed E-state index contributed by atoms with van der Waals surface area (Å²) >= 11 is 1.64. The first-order valence-corrected chi connectivity index (χ1v) is 10.1. The monoisotopic (exact) mass is 382 g/mol. The second-order valence-corrected chi connectivity index (χ2v) is 7.99. The topological polar surface area (TPSA) is 32.3 Å². The van der Waals surface area contributed by atoms with E-state index in [9.17, 15) is 4.39 Å². The van der Waals surface area contributed by atoms with Crippen molar-refractivity contribution in [2.75, 3.05) is 36.0 Å². The van der Waals surface area contributed by atoms with Gasteiger partial charge in [-0.25, -0.2) is 4.39 Å². The first kappa shape index (κ1) is 17.9. The molecule has 0 N–H and O–H groups in total. The Bertz CT molecular complexity index is 876. The van der Waals surface area contributed by atoms with Crippen LogP contribution in [0.4, 0.5) is 15.2 Å². The lowest BCUT2D eigenvalue weighted by atomic mass is 10.2. The summed E-state index contributed by atoms with van der Waals surface area (Å²) in [5.74, 6) is -0.209. The fourth-order valence-corrected chi connectivity index (χ4v) is 4.27. The van der Waals surface area contributed by atoms with Crippen molar-refractivity contribution < 1.29 is 4.39 Å². The van der Waals surface area contributed by atoms with Crippen molar-refractivity contribution in [3.05, 3.63) is 70.5 Å². The van der Waals surface area contributed by atoms with E-state index in [-0.39, 0.29) is 5.82 Å². The predicted octanol–water partition coefficient (Wildman–Crippen LogP) is 4.29. The van der Waals surface area contributed by atoms with Crippen molar-refractivity contribution in [3.8, 4) is 0 Å². The number of aromatic nitrogens is 2. The maximum Gasteiger partial charge on any atom is 0.208 e. The fourth-order valence-electron chi connectivity index (χ4n) is 3.34. The Labute approximate surface area is 163 Å². The van der Waals surface area contributed by atoms with Crippen LogP contribution in [0.1, 0.15) is 22.6 Å². The molecule has 0 spiro atoms.